The van der Waals surface area contributed by atoms with Crippen molar-refractivity contribution >= 4 is 5.65 Å². The van der Waals surface area contributed by atoms with Crippen molar-refractivity contribution in [3.63, 3.8) is 0 Å². The Hall–Kier alpha value is -1.42. The predicted molar refractivity (Wildman–Crippen MR) is 89.8 cm³/mol. The van der Waals surface area contributed by atoms with Crippen LogP contribution in [0.2, 0.25) is 0 Å². The van der Waals surface area contributed by atoms with E-state index in [1.54, 1.807) is 0 Å². The monoisotopic (exact) mass is 290 g/mol. The van der Waals surface area contributed by atoms with Crippen molar-refractivity contribution < 1.29 is 0 Å². The molecule has 118 valence electrons. The minimum Gasteiger partial charge on any atom is -0.314 e. The maximum absolute atomic E-state index is 4.67. The summed E-state index contributed by atoms with van der Waals surface area (Å²) >= 11 is 0. The van der Waals surface area contributed by atoms with Crippen LogP contribution in [0.4, 0.5) is 0 Å². The number of hydrogen-bond acceptors (Lipinski definition) is 3. The Kier molecular flexibility index (Phi) is 7.98. The highest BCUT2D eigenvalue weighted by atomic mass is 15.3. The molecule has 0 bridgehead atoms. The molecular weight excluding hydrogens is 260 g/mol. The summed E-state index contributed by atoms with van der Waals surface area (Å²) in [5.74, 6) is 0. The Bertz CT molecular complexity index is 512. The van der Waals surface area contributed by atoms with Gasteiger partial charge in [-0.3, -0.25) is 0 Å². The highest BCUT2D eigenvalue weighted by molar-refractivity contribution is 5.40. The summed E-state index contributed by atoms with van der Waals surface area (Å²) in [6.07, 6.45) is 6.74. The van der Waals surface area contributed by atoms with Crippen LogP contribution in [0.3, 0.4) is 0 Å². The van der Waals surface area contributed by atoms with Crippen LogP contribution in [0.25, 0.3) is 5.65 Å². The van der Waals surface area contributed by atoms with Gasteiger partial charge >= 0.3 is 0 Å². The molecule has 1 atom stereocenters. The third-order valence-electron chi connectivity index (χ3n) is 3.57. The Labute approximate surface area is 129 Å². The number of fused-ring (bicyclic) bond motifs is 1. The van der Waals surface area contributed by atoms with Crippen LogP contribution >= 0.6 is 0 Å². The predicted octanol–water partition coefficient (Wildman–Crippen LogP) is 3.77. The van der Waals surface area contributed by atoms with Crippen molar-refractivity contribution in [3.05, 3.63) is 29.7 Å². The lowest BCUT2D eigenvalue weighted by molar-refractivity contribution is 0.397. The first-order valence-electron chi connectivity index (χ1n) is 8.37. The maximum atomic E-state index is 4.67. The van der Waals surface area contributed by atoms with Crippen molar-refractivity contribution in [1.82, 2.24) is 19.9 Å². The van der Waals surface area contributed by atoms with E-state index < -0.39 is 0 Å². The first kappa shape index (κ1) is 17.6. The molecule has 1 saturated heterocycles. The summed E-state index contributed by atoms with van der Waals surface area (Å²) in [4.78, 5) is 4.67. The molecule has 1 fully saturated rings. The van der Waals surface area contributed by atoms with E-state index in [9.17, 15) is 0 Å². The molecular formula is C17H30N4. The normalized spacial score (nSPS) is 17.5. The third-order valence-corrected chi connectivity index (χ3v) is 3.57. The van der Waals surface area contributed by atoms with E-state index in [1.165, 1.54) is 30.7 Å². The molecule has 0 aliphatic carbocycles. The van der Waals surface area contributed by atoms with Gasteiger partial charge in [-0.2, -0.15) is 5.10 Å². The maximum Gasteiger partial charge on any atom is 0.154 e. The Morgan fingerprint density at radius 1 is 1.24 bits per heavy atom. The number of aromatic nitrogens is 3. The van der Waals surface area contributed by atoms with Gasteiger partial charge in [-0.1, -0.05) is 34.1 Å². The fourth-order valence-corrected chi connectivity index (χ4v) is 2.57. The number of nitrogens with zero attached hydrogens (tertiary/aromatic N) is 3. The first-order valence-corrected chi connectivity index (χ1v) is 8.37. The molecule has 0 unspecified atom stereocenters. The van der Waals surface area contributed by atoms with E-state index in [4.69, 9.17) is 0 Å². The van der Waals surface area contributed by atoms with Crippen LogP contribution in [-0.4, -0.2) is 27.2 Å². The SMILES string of the molecule is CC.CC.Cc1c(C[C@@H]2CCCCN2)nc2cccnn12. The van der Waals surface area contributed by atoms with Crippen LogP contribution in [0, 0.1) is 6.92 Å². The van der Waals surface area contributed by atoms with Crippen molar-refractivity contribution in [2.24, 2.45) is 0 Å². The zero-order valence-corrected chi connectivity index (χ0v) is 14.2. The average molecular weight is 290 g/mol. The van der Waals surface area contributed by atoms with Gasteiger partial charge in [0.1, 0.15) is 0 Å². The Morgan fingerprint density at radius 2 is 2.00 bits per heavy atom. The minimum atomic E-state index is 0.590. The molecule has 4 nitrogen and oxygen atoms in total. The molecule has 21 heavy (non-hydrogen) atoms. The smallest absolute Gasteiger partial charge is 0.154 e. The molecule has 3 rings (SSSR count). The zero-order chi connectivity index (χ0) is 15.7. The van der Waals surface area contributed by atoms with Crippen molar-refractivity contribution in [2.45, 2.75) is 66.3 Å². The molecule has 1 N–H and O–H groups in total. The van der Waals surface area contributed by atoms with E-state index in [0.717, 1.165) is 18.6 Å². The van der Waals surface area contributed by atoms with Gasteiger partial charge in [-0.05, 0) is 38.4 Å². The molecule has 0 amide bonds. The molecule has 2 aromatic heterocycles. The van der Waals surface area contributed by atoms with Crippen molar-refractivity contribution in [3.8, 4) is 0 Å². The van der Waals surface area contributed by atoms with Crippen LogP contribution in [0.5, 0.6) is 0 Å². The quantitative estimate of drug-likeness (QED) is 0.915. The number of nitrogens with one attached hydrogen (secondary N) is 1. The minimum absolute atomic E-state index is 0.590. The number of rotatable bonds is 2. The molecule has 3 heterocycles. The van der Waals surface area contributed by atoms with Gasteiger partial charge in [0.15, 0.2) is 5.65 Å². The summed E-state index contributed by atoms with van der Waals surface area (Å²) in [7, 11) is 0. The van der Waals surface area contributed by atoms with Gasteiger partial charge in [-0.25, -0.2) is 9.50 Å². The molecule has 1 aliphatic heterocycles. The summed E-state index contributed by atoms with van der Waals surface area (Å²) in [6, 6.07) is 4.54. The second-order valence-electron chi connectivity index (χ2n) is 4.79. The van der Waals surface area contributed by atoms with Crippen LogP contribution in [0.15, 0.2) is 18.3 Å². The lowest BCUT2D eigenvalue weighted by Crippen LogP contribution is -2.35. The third kappa shape index (κ3) is 4.53. The lowest BCUT2D eigenvalue weighted by Gasteiger charge is -2.22. The highest BCUT2D eigenvalue weighted by Crippen LogP contribution is 2.16. The van der Waals surface area contributed by atoms with Gasteiger partial charge in [0.2, 0.25) is 0 Å². The number of piperidine rings is 1. The van der Waals surface area contributed by atoms with E-state index in [1.807, 2.05) is 50.5 Å². The average Bonchev–Trinajstić information content (AvgIpc) is 2.89. The van der Waals surface area contributed by atoms with Gasteiger partial charge in [0.05, 0.1) is 11.4 Å². The van der Waals surface area contributed by atoms with E-state index >= 15 is 0 Å². The van der Waals surface area contributed by atoms with Crippen LogP contribution < -0.4 is 5.32 Å². The number of imidazole rings is 1. The van der Waals surface area contributed by atoms with E-state index in [0.29, 0.717) is 6.04 Å². The summed E-state index contributed by atoms with van der Waals surface area (Å²) in [5, 5.41) is 7.90. The second-order valence-corrected chi connectivity index (χ2v) is 4.79. The number of hydrogen-bond donors (Lipinski definition) is 1. The largest absolute Gasteiger partial charge is 0.314 e. The zero-order valence-electron chi connectivity index (χ0n) is 14.2. The second kappa shape index (κ2) is 9.50. The highest BCUT2D eigenvalue weighted by Gasteiger charge is 2.17. The molecule has 0 radical (unpaired) electrons. The topological polar surface area (TPSA) is 42.2 Å². The summed E-state index contributed by atoms with van der Waals surface area (Å²) < 4.78 is 1.93. The Balaban J connectivity index is 0.000000510. The standard InChI is InChI=1S/C13H18N4.2C2H6/c1-10-12(9-11-5-2-3-7-14-11)16-13-6-4-8-15-17(10)13;2*1-2/h4,6,8,11,14H,2-3,5,7,9H2,1H3;2*1-2H3/t11-;;/m0../s1. The summed E-state index contributed by atoms with van der Waals surface area (Å²) in [6.45, 7) is 11.3. The fraction of sp³-hybridized carbons (Fsp3) is 0.647. The van der Waals surface area contributed by atoms with Gasteiger partial charge in [0, 0.05) is 18.7 Å². The fourth-order valence-electron chi connectivity index (χ4n) is 2.57. The molecule has 0 aromatic carbocycles. The Morgan fingerprint density at radius 3 is 2.62 bits per heavy atom. The molecule has 1 aliphatic rings. The molecule has 0 spiro atoms. The molecule has 0 saturated carbocycles. The van der Waals surface area contributed by atoms with Gasteiger partial charge in [0.25, 0.3) is 0 Å². The van der Waals surface area contributed by atoms with E-state index in [2.05, 4.69) is 22.3 Å². The van der Waals surface area contributed by atoms with Crippen LogP contribution in [0.1, 0.15) is 58.3 Å². The van der Waals surface area contributed by atoms with Gasteiger partial charge in [-0.15, -0.1) is 0 Å². The van der Waals surface area contributed by atoms with Crippen molar-refractivity contribution in [2.75, 3.05) is 6.54 Å². The van der Waals surface area contributed by atoms with Crippen molar-refractivity contribution in [1.29, 1.82) is 0 Å². The van der Waals surface area contributed by atoms with Gasteiger partial charge < -0.3 is 5.32 Å². The summed E-state index contributed by atoms with van der Waals surface area (Å²) in [5.41, 5.74) is 3.31. The van der Waals surface area contributed by atoms with E-state index in [-0.39, 0.29) is 0 Å². The first-order chi connectivity index (χ1) is 10.3. The van der Waals surface area contributed by atoms with Crippen LogP contribution in [-0.2, 0) is 6.42 Å². The molecule has 4 heteroatoms. The molecule has 2 aromatic rings. The number of aryl methyl sites for hydroxylation is 1. The lowest BCUT2D eigenvalue weighted by atomic mass is 10.00.